The molecule has 5 nitrogen and oxygen atoms in total. The topological polar surface area (TPSA) is 53.9 Å². The molecule has 3 rings (SSSR count). The standard InChI is InChI=1S/C14H16FN5/c15-11-3-4-14(17-8-11)20-7-1-2-12(9-20)19-13-5-6-16-10-18-13/h3-6,8,10,12H,1-2,7,9H2,(H,16,18,19). The highest BCUT2D eigenvalue weighted by Crippen LogP contribution is 2.19. The predicted octanol–water partition coefficient (Wildman–Crippen LogP) is 2.09. The molecule has 20 heavy (non-hydrogen) atoms. The summed E-state index contributed by atoms with van der Waals surface area (Å²) in [6.07, 6.45) is 6.67. The first-order chi connectivity index (χ1) is 9.81. The molecule has 3 heterocycles. The van der Waals surface area contributed by atoms with Crippen LogP contribution >= 0.6 is 0 Å². The van der Waals surface area contributed by atoms with Gasteiger partial charge in [-0.15, -0.1) is 0 Å². The Balaban J connectivity index is 1.66. The smallest absolute Gasteiger partial charge is 0.141 e. The van der Waals surface area contributed by atoms with Gasteiger partial charge in [-0.25, -0.2) is 19.3 Å². The molecule has 0 spiro atoms. The van der Waals surface area contributed by atoms with Crippen molar-refractivity contribution in [3.05, 3.63) is 42.7 Å². The summed E-state index contributed by atoms with van der Waals surface area (Å²) in [6.45, 7) is 1.78. The molecule has 0 bridgehead atoms. The third-order valence-corrected chi connectivity index (χ3v) is 3.39. The number of anilines is 2. The molecule has 104 valence electrons. The SMILES string of the molecule is Fc1ccc(N2CCCC(Nc3ccncn3)C2)nc1. The van der Waals surface area contributed by atoms with E-state index in [4.69, 9.17) is 0 Å². The van der Waals surface area contributed by atoms with E-state index in [1.54, 1.807) is 12.3 Å². The first-order valence-corrected chi connectivity index (χ1v) is 6.70. The summed E-state index contributed by atoms with van der Waals surface area (Å²) in [7, 11) is 0. The highest BCUT2D eigenvalue weighted by atomic mass is 19.1. The van der Waals surface area contributed by atoms with Crippen LogP contribution in [0.5, 0.6) is 0 Å². The fourth-order valence-corrected chi connectivity index (χ4v) is 2.44. The lowest BCUT2D eigenvalue weighted by molar-refractivity contribution is 0.524. The molecule has 0 radical (unpaired) electrons. The number of rotatable bonds is 3. The van der Waals surface area contributed by atoms with E-state index in [1.165, 1.54) is 18.6 Å². The Morgan fingerprint density at radius 2 is 2.20 bits per heavy atom. The fraction of sp³-hybridized carbons (Fsp3) is 0.357. The largest absolute Gasteiger partial charge is 0.365 e. The number of nitrogens with zero attached hydrogens (tertiary/aromatic N) is 4. The number of hydrogen-bond donors (Lipinski definition) is 1. The van der Waals surface area contributed by atoms with Gasteiger partial charge in [0.25, 0.3) is 0 Å². The number of nitrogens with one attached hydrogen (secondary N) is 1. The molecule has 6 heteroatoms. The highest BCUT2D eigenvalue weighted by molar-refractivity contribution is 5.41. The van der Waals surface area contributed by atoms with Gasteiger partial charge >= 0.3 is 0 Å². The summed E-state index contributed by atoms with van der Waals surface area (Å²) < 4.78 is 12.9. The van der Waals surface area contributed by atoms with E-state index in [2.05, 4.69) is 25.2 Å². The van der Waals surface area contributed by atoms with Gasteiger partial charge in [0.15, 0.2) is 0 Å². The molecular weight excluding hydrogens is 257 g/mol. The Bertz CT molecular complexity index is 545. The second-order valence-electron chi connectivity index (χ2n) is 4.86. The van der Waals surface area contributed by atoms with Crippen molar-refractivity contribution in [1.29, 1.82) is 0 Å². The predicted molar refractivity (Wildman–Crippen MR) is 75.1 cm³/mol. The van der Waals surface area contributed by atoms with Gasteiger partial charge in [0.1, 0.15) is 23.8 Å². The number of piperidine rings is 1. The Labute approximate surface area is 116 Å². The number of aromatic nitrogens is 3. The first kappa shape index (κ1) is 12.8. The zero-order valence-electron chi connectivity index (χ0n) is 11.0. The maximum atomic E-state index is 12.9. The van der Waals surface area contributed by atoms with Gasteiger partial charge in [-0.2, -0.15) is 0 Å². The summed E-state index contributed by atoms with van der Waals surface area (Å²) in [6, 6.07) is 5.34. The molecule has 1 unspecified atom stereocenters. The third-order valence-electron chi connectivity index (χ3n) is 3.39. The zero-order chi connectivity index (χ0) is 13.8. The normalized spacial score (nSPS) is 18.9. The summed E-state index contributed by atoms with van der Waals surface area (Å²) in [5.74, 6) is 1.35. The number of halogens is 1. The molecule has 1 atom stereocenters. The summed E-state index contributed by atoms with van der Waals surface area (Å²) >= 11 is 0. The average molecular weight is 273 g/mol. The highest BCUT2D eigenvalue weighted by Gasteiger charge is 2.21. The van der Waals surface area contributed by atoms with Crippen molar-refractivity contribution >= 4 is 11.6 Å². The van der Waals surface area contributed by atoms with Crippen LogP contribution in [-0.2, 0) is 0 Å². The monoisotopic (exact) mass is 273 g/mol. The van der Waals surface area contributed by atoms with Gasteiger partial charge in [-0.3, -0.25) is 0 Å². The average Bonchev–Trinajstić information content (AvgIpc) is 2.49. The molecule has 0 aromatic carbocycles. The van der Waals surface area contributed by atoms with Crippen molar-refractivity contribution in [2.45, 2.75) is 18.9 Å². The molecule has 1 fully saturated rings. The Kier molecular flexibility index (Phi) is 3.71. The van der Waals surface area contributed by atoms with Crippen LogP contribution < -0.4 is 10.2 Å². The van der Waals surface area contributed by atoms with E-state index in [1.807, 2.05) is 6.07 Å². The Morgan fingerprint density at radius 3 is 2.95 bits per heavy atom. The molecule has 0 aliphatic carbocycles. The van der Waals surface area contributed by atoms with Gasteiger partial charge < -0.3 is 10.2 Å². The zero-order valence-corrected chi connectivity index (χ0v) is 11.0. The molecule has 1 aliphatic rings. The van der Waals surface area contributed by atoms with E-state index in [0.29, 0.717) is 6.04 Å². The molecule has 0 saturated carbocycles. The van der Waals surface area contributed by atoms with Crippen molar-refractivity contribution in [1.82, 2.24) is 15.0 Å². The van der Waals surface area contributed by atoms with Crippen molar-refractivity contribution in [2.75, 3.05) is 23.3 Å². The molecule has 2 aromatic rings. The first-order valence-electron chi connectivity index (χ1n) is 6.70. The lowest BCUT2D eigenvalue weighted by Crippen LogP contribution is -2.42. The second-order valence-corrected chi connectivity index (χ2v) is 4.86. The minimum atomic E-state index is -0.304. The van der Waals surface area contributed by atoms with Gasteiger partial charge in [0.2, 0.25) is 0 Å². The van der Waals surface area contributed by atoms with Crippen LogP contribution in [0.15, 0.2) is 36.9 Å². The van der Waals surface area contributed by atoms with Gasteiger partial charge in [-0.05, 0) is 31.0 Å². The molecule has 1 N–H and O–H groups in total. The molecule has 0 amide bonds. The van der Waals surface area contributed by atoms with E-state index in [-0.39, 0.29) is 5.82 Å². The summed E-state index contributed by atoms with van der Waals surface area (Å²) in [4.78, 5) is 14.4. The summed E-state index contributed by atoms with van der Waals surface area (Å²) in [5, 5.41) is 3.40. The van der Waals surface area contributed by atoms with Crippen molar-refractivity contribution in [3.8, 4) is 0 Å². The lowest BCUT2D eigenvalue weighted by Gasteiger charge is -2.34. The van der Waals surface area contributed by atoms with E-state index in [9.17, 15) is 4.39 Å². The second kappa shape index (κ2) is 5.81. The quantitative estimate of drug-likeness (QED) is 0.928. The van der Waals surface area contributed by atoms with Crippen LogP contribution in [-0.4, -0.2) is 34.1 Å². The van der Waals surface area contributed by atoms with Gasteiger partial charge in [0.05, 0.1) is 6.20 Å². The van der Waals surface area contributed by atoms with Crippen LogP contribution in [0.25, 0.3) is 0 Å². The molecule has 1 aliphatic heterocycles. The molecule has 1 saturated heterocycles. The molecular formula is C14H16FN5. The Hall–Kier alpha value is -2.24. The molecule has 2 aromatic heterocycles. The van der Waals surface area contributed by atoms with Crippen LogP contribution in [0, 0.1) is 5.82 Å². The number of hydrogen-bond acceptors (Lipinski definition) is 5. The van der Waals surface area contributed by atoms with Gasteiger partial charge in [-0.1, -0.05) is 0 Å². The lowest BCUT2D eigenvalue weighted by atomic mass is 10.1. The van der Waals surface area contributed by atoms with Crippen LogP contribution in [0.3, 0.4) is 0 Å². The minimum Gasteiger partial charge on any atom is -0.365 e. The van der Waals surface area contributed by atoms with Crippen LogP contribution in [0.4, 0.5) is 16.0 Å². The van der Waals surface area contributed by atoms with Crippen molar-refractivity contribution in [3.63, 3.8) is 0 Å². The fourth-order valence-electron chi connectivity index (χ4n) is 2.44. The van der Waals surface area contributed by atoms with E-state index >= 15 is 0 Å². The maximum Gasteiger partial charge on any atom is 0.141 e. The van der Waals surface area contributed by atoms with E-state index < -0.39 is 0 Å². The minimum absolute atomic E-state index is 0.304. The van der Waals surface area contributed by atoms with Gasteiger partial charge in [0, 0.05) is 25.3 Å². The maximum absolute atomic E-state index is 12.9. The number of pyridine rings is 1. The summed E-state index contributed by atoms with van der Waals surface area (Å²) in [5.41, 5.74) is 0. The van der Waals surface area contributed by atoms with Crippen LogP contribution in [0.1, 0.15) is 12.8 Å². The Morgan fingerprint density at radius 1 is 1.25 bits per heavy atom. The van der Waals surface area contributed by atoms with Crippen LogP contribution in [0.2, 0.25) is 0 Å². The van der Waals surface area contributed by atoms with Crippen molar-refractivity contribution < 1.29 is 4.39 Å². The third kappa shape index (κ3) is 3.01. The van der Waals surface area contributed by atoms with E-state index in [0.717, 1.165) is 37.6 Å². The van der Waals surface area contributed by atoms with Crippen molar-refractivity contribution in [2.24, 2.45) is 0 Å².